The highest BCUT2D eigenvalue weighted by atomic mass is 35.5. The van der Waals surface area contributed by atoms with Crippen LogP contribution in [0.5, 0.6) is 11.5 Å². The molecule has 0 spiro atoms. The van der Waals surface area contributed by atoms with E-state index in [-0.39, 0.29) is 0 Å². The molecule has 2 aliphatic rings. The highest BCUT2D eigenvalue weighted by Crippen LogP contribution is 2.40. The summed E-state index contributed by atoms with van der Waals surface area (Å²) in [5, 5.41) is 4.58. The highest BCUT2D eigenvalue weighted by Gasteiger charge is 2.19. The molecule has 2 aliphatic heterocycles. The van der Waals surface area contributed by atoms with E-state index in [1.54, 1.807) is 6.07 Å². The Morgan fingerprint density at radius 2 is 2.00 bits per heavy atom. The number of aromatic nitrogens is 2. The lowest BCUT2D eigenvalue weighted by molar-refractivity contribution is 0.0104. The van der Waals surface area contributed by atoms with E-state index >= 15 is 0 Å². The third kappa shape index (κ3) is 3.90. The molecule has 1 aromatic carbocycles. The Morgan fingerprint density at radius 1 is 1.08 bits per heavy atom. The zero-order valence-corrected chi connectivity index (χ0v) is 14.8. The van der Waals surface area contributed by atoms with Crippen LogP contribution < -0.4 is 9.47 Å². The molecule has 0 radical (unpaired) electrons. The molecule has 3 heterocycles. The molecule has 1 unspecified atom stereocenters. The predicted molar refractivity (Wildman–Crippen MR) is 92.3 cm³/mol. The first-order chi connectivity index (χ1) is 12.3. The van der Waals surface area contributed by atoms with Crippen molar-refractivity contribution in [1.82, 2.24) is 10.1 Å². The monoisotopic (exact) mass is 364 g/mol. The van der Waals surface area contributed by atoms with Gasteiger partial charge in [-0.1, -0.05) is 16.8 Å². The first-order valence-electron chi connectivity index (χ1n) is 8.83. The number of nitrogens with zero attached hydrogens (tertiary/aromatic N) is 2. The maximum Gasteiger partial charge on any atom is 0.227 e. The number of halogens is 1. The summed E-state index contributed by atoms with van der Waals surface area (Å²) >= 11 is 6.33. The average Bonchev–Trinajstić information content (AvgIpc) is 2.98. The van der Waals surface area contributed by atoms with Gasteiger partial charge in [0.25, 0.3) is 0 Å². The van der Waals surface area contributed by atoms with E-state index in [4.69, 9.17) is 30.3 Å². The minimum absolute atomic E-state index is 0.302. The van der Waals surface area contributed by atoms with Crippen molar-refractivity contribution in [2.75, 3.05) is 19.8 Å². The molecule has 7 heteroatoms. The molecule has 25 heavy (non-hydrogen) atoms. The second kappa shape index (κ2) is 7.62. The number of fused-ring (bicyclic) bond motifs is 1. The van der Waals surface area contributed by atoms with Crippen molar-refractivity contribution < 1.29 is 18.7 Å². The van der Waals surface area contributed by atoms with Crippen LogP contribution in [0.4, 0.5) is 0 Å². The number of hydrogen-bond acceptors (Lipinski definition) is 6. The molecule has 0 N–H and O–H groups in total. The summed E-state index contributed by atoms with van der Waals surface area (Å²) in [6, 6.07) is 3.64. The molecule has 1 saturated heterocycles. The number of benzene rings is 1. The molecular formula is C18H21ClN2O4. The molecule has 1 atom stereocenters. The maximum absolute atomic E-state index is 6.33. The van der Waals surface area contributed by atoms with Crippen LogP contribution >= 0.6 is 11.6 Å². The van der Waals surface area contributed by atoms with Gasteiger partial charge in [0, 0.05) is 25.0 Å². The van der Waals surface area contributed by atoms with E-state index in [9.17, 15) is 0 Å². The third-order valence-electron chi connectivity index (χ3n) is 4.48. The summed E-state index contributed by atoms with van der Waals surface area (Å²) in [5.41, 5.74) is 0.762. The zero-order chi connectivity index (χ0) is 17.1. The molecule has 0 bridgehead atoms. The van der Waals surface area contributed by atoms with E-state index < -0.39 is 0 Å². The largest absolute Gasteiger partial charge is 0.489 e. The summed E-state index contributed by atoms with van der Waals surface area (Å²) in [7, 11) is 0. The number of hydrogen-bond donors (Lipinski definition) is 0. The Balaban J connectivity index is 1.48. The predicted octanol–water partition coefficient (Wildman–Crippen LogP) is 4.05. The number of ether oxygens (including phenoxy) is 3. The van der Waals surface area contributed by atoms with Gasteiger partial charge >= 0.3 is 0 Å². The first kappa shape index (κ1) is 16.7. The van der Waals surface area contributed by atoms with Gasteiger partial charge in [-0.05, 0) is 37.8 Å². The van der Waals surface area contributed by atoms with E-state index in [0.29, 0.717) is 47.6 Å². The van der Waals surface area contributed by atoms with Gasteiger partial charge in [-0.2, -0.15) is 4.98 Å². The lowest BCUT2D eigenvalue weighted by atomic mass is 10.0. The van der Waals surface area contributed by atoms with Crippen LogP contribution in [0.1, 0.15) is 38.0 Å². The summed E-state index contributed by atoms with van der Waals surface area (Å²) < 4.78 is 22.5. The maximum atomic E-state index is 6.33. The minimum Gasteiger partial charge on any atom is -0.489 e. The van der Waals surface area contributed by atoms with E-state index in [1.807, 2.05) is 6.07 Å². The lowest BCUT2D eigenvalue weighted by Crippen LogP contribution is -2.19. The topological polar surface area (TPSA) is 66.6 Å². The third-order valence-corrected chi connectivity index (χ3v) is 4.76. The molecule has 1 aromatic heterocycles. The Bertz CT molecular complexity index is 728. The lowest BCUT2D eigenvalue weighted by Gasteiger charge is -2.21. The molecule has 134 valence electrons. The Labute approximate surface area is 151 Å². The average molecular weight is 365 g/mol. The number of aryl methyl sites for hydroxylation is 1. The van der Waals surface area contributed by atoms with Crippen molar-refractivity contribution in [3.63, 3.8) is 0 Å². The van der Waals surface area contributed by atoms with Gasteiger partial charge in [0.15, 0.2) is 11.5 Å². The van der Waals surface area contributed by atoms with Gasteiger partial charge in [0.1, 0.15) is 0 Å². The Hall–Kier alpha value is -1.79. The fraction of sp³-hybridized carbons (Fsp3) is 0.556. The van der Waals surface area contributed by atoms with Gasteiger partial charge in [0.05, 0.1) is 24.3 Å². The molecule has 6 nitrogen and oxygen atoms in total. The number of rotatable bonds is 4. The molecule has 4 rings (SSSR count). The quantitative estimate of drug-likeness (QED) is 0.815. The van der Waals surface area contributed by atoms with Gasteiger partial charge in [0.2, 0.25) is 11.7 Å². The minimum atomic E-state index is 0.302. The standard InChI is InChI=1S/C18H21ClN2O4/c19-14-10-12(11-15-17(14)24-9-3-8-23-15)18-20-16(25-21-18)6-5-13-4-1-2-7-22-13/h10-11,13H,1-9H2. The molecular weight excluding hydrogens is 344 g/mol. The smallest absolute Gasteiger partial charge is 0.227 e. The van der Waals surface area contributed by atoms with Gasteiger partial charge in [-0.15, -0.1) is 0 Å². The van der Waals surface area contributed by atoms with Crippen LogP contribution in [0.2, 0.25) is 5.02 Å². The van der Waals surface area contributed by atoms with Crippen LogP contribution in [-0.2, 0) is 11.2 Å². The Morgan fingerprint density at radius 3 is 2.88 bits per heavy atom. The van der Waals surface area contributed by atoms with Crippen LogP contribution in [0, 0.1) is 0 Å². The summed E-state index contributed by atoms with van der Waals surface area (Å²) in [4.78, 5) is 4.49. The van der Waals surface area contributed by atoms with Crippen molar-refractivity contribution in [3.05, 3.63) is 23.0 Å². The van der Waals surface area contributed by atoms with Crippen molar-refractivity contribution >= 4 is 11.6 Å². The fourth-order valence-electron chi connectivity index (χ4n) is 3.15. The van der Waals surface area contributed by atoms with Crippen LogP contribution in [0.3, 0.4) is 0 Å². The van der Waals surface area contributed by atoms with Gasteiger partial charge in [-0.3, -0.25) is 0 Å². The molecule has 1 fully saturated rings. The fourth-order valence-corrected chi connectivity index (χ4v) is 3.42. The highest BCUT2D eigenvalue weighted by molar-refractivity contribution is 6.32. The van der Waals surface area contributed by atoms with Crippen molar-refractivity contribution in [2.24, 2.45) is 0 Å². The summed E-state index contributed by atoms with van der Waals surface area (Å²) in [6.07, 6.45) is 6.26. The summed E-state index contributed by atoms with van der Waals surface area (Å²) in [6.45, 7) is 2.06. The molecule has 0 aliphatic carbocycles. The molecule has 2 aromatic rings. The van der Waals surface area contributed by atoms with Gasteiger partial charge < -0.3 is 18.7 Å². The summed E-state index contributed by atoms with van der Waals surface area (Å²) in [5.74, 6) is 2.34. The van der Waals surface area contributed by atoms with Gasteiger partial charge in [-0.25, -0.2) is 0 Å². The SMILES string of the molecule is Clc1cc(-c2noc(CCC3CCCCO3)n2)cc2c1OCCCO2. The zero-order valence-electron chi connectivity index (χ0n) is 14.0. The van der Waals surface area contributed by atoms with Crippen LogP contribution in [0.25, 0.3) is 11.4 Å². The van der Waals surface area contributed by atoms with Crippen molar-refractivity contribution in [1.29, 1.82) is 0 Å². The van der Waals surface area contributed by atoms with Crippen molar-refractivity contribution in [3.8, 4) is 22.9 Å². The van der Waals surface area contributed by atoms with E-state index in [1.165, 1.54) is 6.42 Å². The van der Waals surface area contributed by atoms with Crippen LogP contribution in [-0.4, -0.2) is 36.1 Å². The second-order valence-electron chi connectivity index (χ2n) is 6.37. The first-order valence-corrected chi connectivity index (χ1v) is 9.21. The Kier molecular flexibility index (Phi) is 5.08. The normalized spacial score (nSPS) is 20.3. The molecule has 0 amide bonds. The van der Waals surface area contributed by atoms with Crippen LogP contribution in [0.15, 0.2) is 16.7 Å². The van der Waals surface area contributed by atoms with E-state index in [2.05, 4.69) is 10.1 Å². The van der Waals surface area contributed by atoms with E-state index in [0.717, 1.165) is 44.3 Å². The second-order valence-corrected chi connectivity index (χ2v) is 6.78. The van der Waals surface area contributed by atoms with Crippen molar-refractivity contribution in [2.45, 2.75) is 44.6 Å². The molecule has 0 saturated carbocycles.